The van der Waals surface area contributed by atoms with Crippen molar-refractivity contribution < 1.29 is 33.8 Å². The van der Waals surface area contributed by atoms with Crippen LogP contribution in [0.2, 0.25) is 0 Å². The van der Waals surface area contributed by atoms with Gasteiger partial charge in [0.1, 0.15) is 0 Å². The number of nitrogens with one attached hydrogen (secondary N) is 1. The molecular weight excluding hydrogens is 488 g/mol. The predicted molar refractivity (Wildman–Crippen MR) is 140 cm³/mol. The van der Waals surface area contributed by atoms with Gasteiger partial charge < -0.3 is 24.8 Å². The van der Waals surface area contributed by atoms with Gasteiger partial charge in [-0.25, -0.2) is 0 Å². The van der Waals surface area contributed by atoms with Gasteiger partial charge >= 0.3 is 11.9 Å². The van der Waals surface area contributed by atoms with Gasteiger partial charge in [-0.3, -0.25) is 19.2 Å². The highest BCUT2D eigenvalue weighted by atomic mass is 16.7. The monoisotopic (exact) mass is 516 g/mol. The molecule has 0 saturated carbocycles. The minimum absolute atomic E-state index is 0.00828. The van der Waals surface area contributed by atoms with Crippen LogP contribution in [0, 0.1) is 6.92 Å². The standard InChI is InChI=1S/C29H28N2O7/c1-18-8-4-5-9-23(18)27(34)30-22-14-12-21(13-15-22)28(35)31-17-16-26(37-19(2)32)29(36,38-20(3)33)24-10-6-7-11-25(24)31/h4-15,26,36H,16-17H2,1-3H3,(H,30,34)/t26-,29-/m1/s1. The maximum absolute atomic E-state index is 13.6. The zero-order valence-electron chi connectivity index (χ0n) is 21.3. The van der Waals surface area contributed by atoms with Gasteiger partial charge in [0.15, 0.2) is 6.10 Å². The van der Waals surface area contributed by atoms with Crippen LogP contribution in [0.15, 0.2) is 72.8 Å². The van der Waals surface area contributed by atoms with E-state index in [1.165, 1.54) is 17.9 Å². The van der Waals surface area contributed by atoms with Gasteiger partial charge in [0.25, 0.3) is 17.6 Å². The smallest absolute Gasteiger partial charge is 0.305 e. The molecule has 2 amide bonds. The summed E-state index contributed by atoms with van der Waals surface area (Å²) >= 11 is 0. The normalized spacial score (nSPS) is 18.5. The highest BCUT2D eigenvalue weighted by molar-refractivity contribution is 6.08. The molecule has 1 aliphatic heterocycles. The third-order valence-electron chi connectivity index (χ3n) is 6.26. The molecule has 3 aromatic carbocycles. The molecule has 1 heterocycles. The average molecular weight is 517 g/mol. The van der Waals surface area contributed by atoms with E-state index in [4.69, 9.17) is 9.47 Å². The fraction of sp³-hybridized carbons (Fsp3) is 0.241. The van der Waals surface area contributed by atoms with Gasteiger partial charge in [-0.05, 0) is 48.9 Å². The summed E-state index contributed by atoms with van der Waals surface area (Å²) in [5.41, 5.74) is 2.68. The maximum atomic E-state index is 13.6. The molecule has 2 N–H and O–H groups in total. The predicted octanol–water partition coefficient (Wildman–Crippen LogP) is 3.94. The molecule has 4 rings (SSSR count). The minimum atomic E-state index is -2.28. The van der Waals surface area contributed by atoms with E-state index in [9.17, 15) is 24.3 Å². The van der Waals surface area contributed by atoms with Crippen LogP contribution in [0.3, 0.4) is 0 Å². The molecule has 0 unspecified atom stereocenters. The number of para-hydroxylation sites is 1. The fourth-order valence-electron chi connectivity index (χ4n) is 4.52. The van der Waals surface area contributed by atoms with E-state index in [1.807, 2.05) is 19.1 Å². The Labute approximate surface area is 220 Å². The van der Waals surface area contributed by atoms with Gasteiger partial charge in [-0.2, -0.15) is 0 Å². The van der Waals surface area contributed by atoms with Crippen molar-refractivity contribution in [1.82, 2.24) is 0 Å². The summed E-state index contributed by atoms with van der Waals surface area (Å²) in [7, 11) is 0. The summed E-state index contributed by atoms with van der Waals surface area (Å²) in [6.07, 6.45) is -1.23. The highest BCUT2D eigenvalue weighted by Crippen LogP contribution is 2.40. The van der Waals surface area contributed by atoms with Gasteiger partial charge in [0.05, 0.1) is 11.3 Å². The molecule has 38 heavy (non-hydrogen) atoms. The second-order valence-corrected chi connectivity index (χ2v) is 9.00. The Morgan fingerprint density at radius 2 is 1.58 bits per heavy atom. The number of carbonyl (C=O) groups is 4. The van der Waals surface area contributed by atoms with Crippen molar-refractivity contribution in [3.05, 3.63) is 95.1 Å². The summed E-state index contributed by atoms with van der Waals surface area (Å²) in [4.78, 5) is 51.4. The first-order chi connectivity index (χ1) is 18.1. The van der Waals surface area contributed by atoms with Crippen molar-refractivity contribution in [1.29, 1.82) is 0 Å². The summed E-state index contributed by atoms with van der Waals surface area (Å²) < 4.78 is 10.6. The number of carbonyl (C=O) groups excluding carboxylic acids is 4. The Balaban J connectivity index is 1.62. The molecule has 2 atom stereocenters. The first kappa shape index (κ1) is 26.6. The first-order valence-corrected chi connectivity index (χ1v) is 12.1. The van der Waals surface area contributed by atoms with E-state index in [1.54, 1.807) is 54.6 Å². The van der Waals surface area contributed by atoms with Crippen molar-refractivity contribution in [2.24, 2.45) is 0 Å². The summed E-state index contributed by atoms with van der Waals surface area (Å²) in [6, 6.07) is 20.1. The molecular formula is C29H28N2O7. The lowest BCUT2D eigenvalue weighted by atomic mass is 9.97. The Kier molecular flexibility index (Phi) is 7.59. The Morgan fingerprint density at radius 3 is 2.24 bits per heavy atom. The zero-order valence-corrected chi connectivity index (χ0v) is 21.3. The van der Waals surface area contributed by atoms with E-state index in [2.05, 4.69) is 5.32 Å². The number of rotatable bonds is 5. The molecule has 0 aliphatic carbocycles. The van der Waals surface area contributed by atoms with Crippen molar-refractivity contribution in [3.63, 3.8) is 0 Å². The van der Waals surface area contributed by atoms with Crippen LogP contribution in [0.5, 0.6) is 0 Å². The minimum Gasteiger partial charge on any atom is -0.455 e. The second-order valence-electron chi connectivity index (χ2n) is 9.00. The van der Waals surface area contributed by atoms with Crippen molar-refractivity contribution >= 4 is 35.1 Å². The Bertz CT molecular complexity index is 1390. The summed E-state index contributed by atoms with van der Waals surface area (Å²) in [6.45, 7) is 4.25. The number of aryl methyl sites for hydroxylation is 1. The number of fused-ring (bicyclic) bond motifs is 1. The highest BCUT2D eigenvalue weighted by Gasteiger charge is 2.49. The van der Waals surface area contributed by atoms with Crippen molar-refractivity contribution in [2.75, 3.05) is 16.8 Å². The molecule has 0 spiro atoms. The van der Waals surface area contributed by atoms with Crippen LogP contribution in [0.25, 0.3) is 0 Å². The van der Waals surface area contributed by atoms with E-state index in [0.717, 1.165) is 12.5 Å². The van der Waals surface area contributed by atoms with Gasteiger partial charge in [0.2, 0.25) is 0 Å². The second kappa shape index (κ2) is 10.9. The zero-order chi connectivity index (χ0) is 27.4. The SMILES string of the molecule is CC(=O)O[C@@H]1CCN(C(=O)c2ccc(NC(=O)c3ccccc3C)cc2)c2ccccc2[C@@]1(O)OC(C)=O. The van der Waals surface area contributed by atoms with E-state index >= 15 is 0 Å². The molecule has 1 aliphatic rings. The number of amides is 2. The number of benzene rings is 3. The topological polar surface area (TPSA) is 122 Å². The lowest BCUT2D eigenvalue weighted by Gasteiger charge is -2.33. The van der Waals surface area contributed by atoms with Crippen LogP contribution in [0.4, 0.5) is 11.4 Å². The van der Waals surface area contributed by atoms with Gasteiger partial charge in [-0.15, -0.1) is 0 Å². The molecule has 196 valence electrons. The number of hydrogen-bond donors (Lipinski definition) is 2. The van der Waals surface area contributed by atoms with E-state index in [0.29, 0.717) is 22.5 Å². The number of nitrogens with zero attached hydrogens (tertiary/aromatic N) is 1. The third kappa shape index (κ3) is 5.42. The van der Waals surface area contributed by atoms with Crippen LogP contribution in [-0.2, 0) is 24.8 Å². The molecule has 3 aromatic rings. The fourth-order valence-corrected chi connectivity index (χ4v) is 4.52. The lowest BCUT2D eigenvalue weighted by Crippen LogP contribution is -2.45. The molecule has 0 bridgehead atoms. The van der Waals surface area contributed by atoms with Crippen LogP contribution < -0.4 is 10.2 Å². The summed E-state index contributed by atoms with van der Waals surface area (Å²) in [5.74, 6) is -4.37. The number of hydrogen-bond acceptors (Lipinski definition) is 7. The largest absolute Gasteiger partial charge is 0.455 e. The quantitative estimate of drug-likeness (QED) is 0.389. The molecule has 0 fully saturated rings. The average Bonchev–Trinajstić information content (AvgIpc) is 2.98. The first-order valence-electron chi connectivity index (χ1n) is 12.1. The molecule has 0 saturated heterocycles. The van der Waals surface area contributed by atoms with E-state index in [-0.39, 0.29) is 30.3 Å². The number of anilines is 2. The molecule has 0 aromatic heterocycles. The Morgan fingerprint density at radius 1 is 0.921 bits per heavy atom. The van der Waals surface area contributed by atoms with Crippen LogP contribution in [0.1, 0.15) is 52.1 Å². The van der Waals surface area contributed by atoms with Gasteiger partial charge in [0, 0.05) is 43.6 Å². The number of ether oxygens (including phenoxy) is 2. The summed E-state index contributed by atoms with van der Waals surface area (Å²) in [5, 5.41) is 14.3. The molecule has 9 nitrogen and oxygen atoms in total. The Hall–Kier alpha value is -4.50. The molecule has 9 heteroatoms. The van der Waals surface area contributed by atoms with Crippen LogP contribution >= 0.6 is 0 Å². The van der Waals surface area contributed by atoms with E-state index < -0.39 is 23.8 Å². The lowest BCUT2D eigenvalue weighted by molar-refractivity contribution is -0.259. The number of aliphatic hydroxyl groups is 1. The van der Waals surface area contributed by atoms with Gasteiger partial charge in [-0.1, -0.05) is 36.4 Å². The molecule has 0 radical (unpaired) electrons. The number of esters is 2. The van der Waals surface area contributed by atoms with Crippen LogP contribution in [-0.4, -0.2) is 41.5 Å². The maximum Gasteiger partial charge on any atom is 0.305 e. The van der Waals surface area contributed by atoms with Crippen molar-refractivity contribution in [2.45, 2.75) is 39.1 Å². The van der Waals surface area contributed by atoms with Crippen molar-refractivity contribution in [3.8, 4) is 0 Å². The third-order valence-corrected chi connectivity index (χ3v) is 6.26.